The Balaban J connectivity index is 3.00. The maximum atomic E-state index is 11.8. The lowest BCUT2D eigenvalue weighted by Crippen LogP contribution is -2.41. The van der Waals surface area contributed by atoms with Crippen molar-refractivity contribution in [1.82, 2.24) is 0 Å². The van der Waals surface area contributed by atoms with Gasteiger partial charge in [0.2, 0.25) is 0 Å². The molecule has 0 saturated heterocycles. The fourth-order valence-electron chi connectivity index (χ4n) is 1.79. The molecule has 0 heterocycles. The fourth-order valence-corrected chi connectivity index (χ4v) is 3.00. The molecule has 0 aromatic heterocycles. The summed E-state index contributed by atoms with van der Waals surface area (Å²) in [5, 5.41) is 0.103. The number of hydrogen-bond acceptors (Lipinski definition) is 3. The molecule has 0 N–H and O–H groups in total. The van der Waals surface area contributed by atoms with Gasteiger partial charge in [-0.3, -0.25) is 0 Å². The zero-order valence-electron chi connectivity index (χ0n) is 15.4. The van der Waals surface area contributed by atoms with Crippen molar-refractivity contribution in [3.05, 3.63) is 48.0 Å². The summed E-state index contributed by atoms with van der Waals surface area (Å²) in [6.45, 7) is 14.7. The molecule has 128 valence electrons. The highest BCUT2D eigenvalue weighted by Gasteiger charge is 2.39. The molecule has 3 nitrogen and oxygen atoms in total. The molecule has 0 saturated carbocycles. The molecule has 0 aliphatic heterocycles. The molecule has 4 heteroatoms. The van der Waals surface area contributed by atoms with Crippen molar-refractivity contribution in [2.45, 2.75) is 65.0 Å². The van der Waals surface area contributed by atoms with Gasteiger partial charge in [0.05, 0.1) is 12.2 Å². The minimum Gasteiger partial charge on any atom is -0.460 e. The first kappa shape index (κ1) is 19.7. The Bertz CT molecular complexity index is 527. The Morgan fingerprint density at radius 1 is 1.13 bits per heavy atom. The predicted molar refractivity (Wildman–Crippen MR) is 97.8 cm³/mol. The van der Waals surface area contributed by atoms with E-state index in [0.29, 0.717) is 0 Å². The SMILES string of the molecule is CC(C)OC(=O)/C=C/[C@@H](O[Si](C)(C)C(C)(C)C)c1ccccc1. The highest BCUT2D eigenvalue weighted by Crippen LogP contribution is 2.40. The maximum Gasteiger partial charge on any atom is 0.330 e. The predicted octanol–water partition coefficient (Wildman–Crippen LogP) is 5.26. The summed E-state index contributed by atoms with van der Waals surface area (Å²) in [7, 11) is -1.96. The van der Waals surface area contributed by atoms with E-state index in [4.69, 9.17) is 9.16 Å². The smallest absolute Gasteiger partial charge is 0.330 e. The normalized spacial score (nSPS) is 14.3. The lowest BCUT2D eigenvalue weighted by atomic mass is 10.1. The largest absolute Gasteiger partial charge is 0.460 e. The van der Waals surface area contributed by atoms with Gasteiger partial charge in [-0.25, -0.2) is 4.79 Å². The maximum absolute atomic E-state index is 11.8. The van der Waals surface area contributed by atoms with Gasteiger partial charge in [0.15, 0.2) is 8.32 Å². The van der Waals surface area contributed by atoms with E-state index in [1.807, 2.05) is 44.2 Å². The molecule has 0 amide bonds. The monoisotopic (exact) mass is 334 g/mol. The lowest BCUT2D eigenvalue weighted by Gasteiger charge is -2.38. The van der Waals surface area contributed by atoms with Crippen LogP contribution >= 0.6 is 0 Å². The summed E-state index contributed by atoms with van der Waals surface area (Å²) in [5.74, 6) is -0.334. The molecule has 0 spiro atoms. The van der Waals surface area contributed by atoms with Crippen molar-refractivity contribution < 1.29 is 14.0 Å². The van der Waals surface area contributed by atoms with Crippen LogP contribution in [0.1, 0.15) is 46.3 Å². The number of carbonyl (C=O) groups excluding carboxylic acids is 1. The van der Waals surface area contributed by atoms with Crippen LogP contribution in [0.25, 0.3) is 0 Å². The summed E-state index contributed by atoms with van der Waals surface area (Å²) >= 11 is 0. The van der Waals surface area contributed by atoms with Crippen LogP contribution in [0.2, 0.25) is 18.1 Å². The van der Waals surface area contributed by atoms with Crippen LogP contribution in [-0.4, -0.2) is 20.4 Å². The molecule has 0 radical (unpaired) electrons. The quantitative estimate of drug-likeness (QED) is 0.404. The molecule has 1 atom stereocenters. The first-order chi connectivity index (χ1) is 10.5. The molecule has 0 unspecified atom stereocenters. The Morgan fingerprint density at radius 3 is 2.17 bits per heavy atom. The van der Waals surface area contributed by atoms with Crippen LogP contribution in [0.3, 0.4) is 0 Å². The first-order valence-electron chi connectivity index (χ1n) is 8.14. The molecule has 1 aromatic rings. The van der Waals surface area contributed by atoms with E-state index in [-0.39, 0.29) is 23.2 Å². The van der Waals surface area contributed by atoms with Crippen LogP contribution in [0, 0.1) is 0 Å². The Morgan fingerprint density at radius 2 is 1.70 bits per heavy atom. The van der Waals surface area contributed by atoms with E-state index in [9.17, 15) is 4.79 Å². The van der Waals surface area contributed by atoms with Crippen LogP contribution in [-0.2, 0) is 14.0 Å². The van der Waals surface area contributed by atoms with E-state index in [1.165, 1.54) is 6.08 Å². The topological polar surface area (TPSA) is 35.5 Å². The molecular weight excluding hydrogens is 304 g/mol. The third-order valence-electron chi connectivity index (χ3n) is 4.11. The molecule has 0 fully saturated rings. The van der Waals surface area contributed by atoms with Gasteiger partial charge >= 0.3 is 5.97 Å². The van der Waals surface area contributed by atoms with Gasteiger partial charge in [0, 0.05) is 6.08 Å². The molecule has 1 rings (SSSR count). The van der Waals surface area contributed by atoms with Crippen LogP contribution in [0.5, 0.6) is 0 Å². The standard InChI is InChI=1S/C19H30O3Si/c1-15(2)21-18(20)14-13-17(16-11-9-8-10-12-16)22-23(6,7)19(3,4)5/h8-15,17H,1-7H3/b14-13+/t17-/m1/s1. The number of esters is 1. The summed E-state index contributed by atoms with van der Waals surface area (Å²) in [6.07, 6.45) is 2.92. The second-order valence-electron chi connectivity index (χ2n) is 7.55. The molecule has 0 aliphatic rings. The summed E-state index contributed by atoms with van der Waals surface area (Å²) in [6, 6.07) is 9.99. The van der Waals surface area contributed by atoms with Crippen LogP contribution in [0.4, 0.5) is 0 Å². The van der Waals surface area contributed by atoms with Gasteiger partial charge in [-0.2, -0.15) is 0 Å². The summed E-state index contributed by atoms with van der Waals surface area (Å²) < 4.78 is 11.7. The van der Waals surface area contributed by atoms with Gasteiger partial charge in [-0.1, -0.05) is 51.1 Å². The second kappa shape index (κ2) is 7.93. The lowest BCUT2D eigenvalue weighted by molar-refractivity contribution is -0.141. The highest BCUT2D eigenvalue weighted by atomic mass is 28.4. The van der Waals surface area contributed by atoms with E-state index in [1.54, 1.807) is 6.08 Å². The van der Waals surface area contributed by atoms with Gasteiger partial charge in [0.25, 0.3) is 0 Å². The Kier molecular flexibility index (Phi) is 6.78. The number of hydrogen-bond donors (Lipinski definition) is 0. The number of ether oxygens (including phenoxy) is 1. The van der Waals surface area contributed by atoms with Crippen molar-refractivity contribution in [3.8, 4) is 0 Å². The van der Waals surface area contributed by atoms with Gasteiger partial charge < -0.3 is 9.16 Å². The molecule has 1 aromatic carbocycles. The second-order valence-corrected chi connectivity index (χ2v) is 12.3. The van der Waals surface area contributed by atoms with E-state index in [0.717, 1.165) is 5.56 Å². The van der Waals surface area contributed by atoms with Crippen molar-refractivity contribution in [2.24, 2.45) is 0 Å². The fraction of sp³-hybridized carbons (Fsp3) is 0.526. The summed E-state index contributed by atoms with van der Waals surface area (Å²) in [5.41, 5.74) is 1.05. The molecule has 23 heavy (non-hydrogen) atoms. The first-order valence-corrected chi connectivity index (χ1v) is 11.1. The Labute approximate surface area is 141 Å². The van der Waals surface area contributed by atoms with Crippen molar-refractivity contribution >= 4 is 14.3 Å². The highest BCUT2D eigenvalue weighted by molar-refractivity contribution is 6.74. The van der Waals surface area contributed by atoms with Crippen molar-refractivity contribution in [2.75, 3.05) is 0 Å². The van der Waals surface area contributed by atoms with Crippen molar-refractivity contribution in [3.63, 3.8) is 0 Å². The third kappa shape index (κ3) is 6.32. The van der Waals surface area contributed by atoms with Crippen molar-refractivity contribution in [1.29, 1.82) is 0 Å². The molecule has 0 bridgehead atoms. The van der Waals surface area contributed by atoms with Gasteiger partial charge in [-0.05, 0) is 43.6 Å². The minimum atomic E-state index is -1.96. The zero-order valence-corrected chi connectivity index (χ0v) is 16.4. The van der Waals surface area contributed by atoms with E-state index < -0.39 is 8.32 Å². The number of rotatable bonds is 6. The average Bonchev–Trinajstić information content (AvgIpc) is 2.42. The molecular formula is C19H30O3Si. The zero-order chi connectivity index (χ0) is 17.7. The van der Waals surface area contributed by atoms with E-state index in [2.05, 4.69) is 33.9 Å². The number of carbonyl (C=O) groups is 1. The van der Waals surface area contributed by atoms with Crippen LogP contribution in [0.15, 0.2) is 42.5 Å². The Hall–Kier alpha value is -1.39. The van der Waals surface area contributed by atoms with Crippen LogP contribution < -0.4 is 0 Å². The van der Waals surface area contributed by atoms with Gasteiger partial charge in [-0.15, -0.1) is 0 Å². The molecule has 0 aliphatic carbocycles. The van der Waals surface area contributed by atoms with E-state index >= 15 is 0 Å². The number of benzene rings is 1. The summed E-state index contributed by atoms with van der Waals surface area (Å²) in [4.78, 5) is 11.8. The third-order valence-corrected chi connectivity index (χ3v) is 8.57. The van der Waals surface area contributed by atoms with Gasteiger partial charge in [0.1, 0.15) is 0 Å². The minimum absolute atomic E-state index is 0.103. The average molecular weight is 335 g/mol.